The van der Waals surface area contributed by atoms with E-state index >= 15 is 0 Å². The number of rotatable bonds is 2. The fourth-order valence-electron chi connectivity index (χ4n) is 2.30. The van der Waals surface area contributed by atoms with Crippen molar-refractivity contribution in [2.45, 2.75) is 6.04 Å². The van der Waals surface area contributed by atoms with Gasteiger partial charge in [0, 0.05) is 23.6 Å². The Kier molecular flexibility index (Phi) is 4.11. The lowest BCUT2D eigenvalue weighted by molar-refractivity contribution is 0.0773. The number of halogens is 1. The van der Waals surface area contributed by atoms with Crippen LogP contribution in [0.3, 0.4) is 0 Å². The second-order valence-electron chi connectivity index (χ2n) is 4.24. The molecular formula is C13H17ClN2O2. The van der Waals surface area contributed by atoms with Gasteiger partial charge in [0.25, 0.3) is 0 Å². The number of aromatic nitrogens is 1. The second-order valence-corrected chi connectivity index (χ2v) is 4.24. The van der Waals surface area contributed by atoms with Gasteiger partial charge in [0.2, 0.25) is 0 Å². The number of ether oxygens (including phenoxy) is 2. The van der Waals surface area contributed by atoms with Gasteiger partial charge < -0.3 is 19.8 Å². The van der Waals surface area contributed by atoms with Crippen LogP contribution in [0, 0.1) is 0 Å². The predicted molar refractivity (Wildman–Crippen MR) is 73.7 cm³/mol. The summed E-state index contributed by atoms with van der Waals surface area (Å²) in [5.41, 5.74) is 2.38. The first-order chi connectivity index (χ1) is 8.38. The molecule has 18 heavy (non-hydrogen) atoms. The number of hydrogen-bond donors (Lipinski definition) is 2. The van der Waals surface area contributed by atoms with E-state index in [1.165, 1.54) is 10.9 Å². The van der Waals surface area contributed by atoms with E-state index in [-0.39, 0.29) is 18.4 Å². The van der Waals surface area contributed by atoms with Gasteiger partial charge in [-0.05, 0) is 23.8 Å². The quantitative estimate of drug-likeness (QED) is 0.878. The first-order valence-corrected chi connectivity index (χ1v) is 5.84. The first kappa shape index (κ1) is 13.2. The molecule has 98 valence electrons. The van der Waals surface area contributed by atoms with Crippen molar-refractivity contribution in [2.75, 3.05) is 26.9 Å². The van der Waals surface area contributed by atoms with Crippen LogP contribution in [0.5, 0.6) is 5.75 Å². The Labute approximate surface area is 112 Å². The average molecular weight is 269 g/mol. The molecule has 5 heteroatoms. The summed E-state index contributed by atoms with van der Waals surface area (Å²) in [5.74, 6) is 0.884. The normalized spacial score (nSPS) is 19.5. The Hall–Kier alpha value is -1.23. The van der Waals surface area contributed by atoms with Gasteiger partial charge in [0.1, 0.15) is 5.75 Å². The van der Waals surface area contributed by atoms with E-state index in [1.807, 2.05) is 12.1 Å². The third-order valence-electron chi connectivity index (χ3n) is 3.22. The number of benzene rings is 1. The monoisotopic (exact) mass is 268 g/mol. The molecule has 1 aromatic carbocycles. The van der Waals surface area contributed by atoms with Gasteiger partial charge in [-0.2, -0.15) is 0 Å². The zero-order chi connectivity index (χ0) is 11.7. The highest BCUT2D eigenvalue weighted by Crippen LogP contribution is 2.28. The molecule has 2 heterocycles. The summed E-state index contributed by atoms with van der Waals surface area (Å²) in [4.78, 5) is 3.29. The Morgan fingerprint density at radius 3 is 3.00 bits per heavy atom. The van der Waals surface area contributed by atoms with Crippen molar-refractivity contribution in [3.05, 3.63) is 30.0 Å². The molecular weight excluding hydrogens is 252 g/mol. The highest BCUT2D eigenvalue weighted by atomic mass is 35.5. The highest BCUT2D eigenvalue weighted by molar-refractivity contribution is 5.85. The molecule has 0 aliphatic carbocycles. The highest BCUT2D eigenvalue weighted by Gasteiger charge is 2.18. The van der Waals surface area contributed by atoms with Crippen LogP contribution in [0.1, 0.15) is 11.6 Å². The van der Waals surface area contributed by atoms with Crippen molar-refractivity contribution in [2.24, 2.45) is 0 Å². The summed E-state index contributed by atoms with van der Waals surface area (Å²) in [7, 11) is 1.69. The molecule has 2 aromatic rings. The van der Waals surface area contributed by atoms with Crippen molar-refractivity contribution >= 4 is 23.3 Å². The minimum Gasteiger partial charge on any atom is -0.497 e. The molecule has 0 amide bonds. The summed E-state index contributed by atoms with van der Waals surface area (Å²) in [5, 5.41) is 4.67. The number of aromatic amines is 1. The zero-order valence-electron chi connectivity index (χ0n) is 10.2. The molecule has 1 aromatic heterocycles. The van der Waals surface area contributed by atoms with E-state index in [0.717, 1.165) is 31.0 Å². The number of nitrogens with one attached hydrogen (secondary N) is 2. The van der Waals surface area contributed by atoms with Gasteiger partial charge in [-0.1, -0.05) is 0 Å². The van der Waals surface area contributed by atoms with Gasteiger partial charge in [0.05, 0.1) is 26.4 Å². The van der Waals surface area contributed by atoms with Gasteiger partial charge in [0.15, 0.2) is 0 Å². The molecule has 3 rings (SSSR count). The second kappa shape index (κ2) is 5.61. The van der Waals surface area contributed by atoms with Crippen LogP contribution >= 0.6 is 12.4 Å². The van der Waals surface area contributed by atoms with Crippen LogP contribution < -0.4 is 10.1 Å². The van der Waals surface area contributed by atoms with E-state index in [4.69, 9.17) is 9.47 Å². The van der Waals surface area contributed by atoms with Crippen molar-refractivity contribution in [3.8, 4) is 5.75 Å². The molecule has 1 aliphatic rings. The number of hydrogen-bond acceptors (Lipinski definition) is 3. The lowest BCUT2D eigenvalue weighted by atomic mass is 10.1. The largest absolute Gasteiger partial charge is 0.497 e. The van der Waals surface area contributed by atoms with E-state index < -0.39 is 0 Å². The van der Waals surface area contributed by atoms with Gasteiger partial charge >= 0.3 is 0 Å². The molecule has 0 unspecified atom stereocenters. The van der Waals surface area contributed by atoms with Crippen LogP contribution in [-0.2, 0) is 4.74 Å². The Balaban J connectivity index is 0.00000120. The SMILES string of the molecule is COc1ccc2[nH]cc([C@@H]3COCCN3)c2c1.Cl. The van der Waals surface area contributed by atoms with Crippen molar-refractivity contribution in [1.29, 1.82) is 0 Å². The number of methoxy groups -OCH3 is 1. The Morgan fingerprint density at radius 2 is 2.28 bits per heavy atom. The van der Waals surface area contributed by atoms with Gasteiger partial charge in [-0.25, -0.2) is 0 Å². The lowest BCUT2D eigenvalue weighted by Crippen LogP contribution is -2.34. The molecule has 4 nitrogen and oxygen atoms in total. The molecule has 0 bridgehead atoms. The Bertz CT molecular complexity index is 521. The van der Waals surface area contributed by atoms with E-state index in [1.54, 1.807) is 7.11 Å². The molecule has 0 spiro atoms. The molecule has 1 atom stereocenters. The maximum absolute atomic E-state index is 5.50. The molecule has 0 saturated carbocycles. The van der Waals surface area contributed by atoms with E-state index in [0.29, 0.717) is 0 Å². The van der Waals surface area contributed by atoms with E-state index in [2.05, 4.69) is 22.6 Å². The van der Waals surface area contributed by atoms with Crippen molar-refractivity contribution < 1.29 is 9.47 Å². The van der Waals surface area contributed by atoms with Crippen molar-refractivity contribution in [1.82, 2.24) is 10.3 Å². The van der Waals surface area contributed by atoms with Crippen LogP contribution in [0.25, 0.3) is 10.9 Å². The standard InChI is InChI=1S/C13H16N2O2.ClH/c1-16-9-2-3-12-10(6-9)11(7-15-12)13-8-17-5-4-14-13;/h2-3,6-7,13-15H,4-5,8H2,1H3;1H/t13-;/m0./s1. The van der Waals surface area contributed by atoms with Crippen LogP contribution in [-0.4, -0.2) is 31.9 Å². The minimum absolute atomic E-state index is 0. The zero-order valence-corrected chi connectivity index (χ0v) is 11.0. The number of H-pyrrole nitrogens is 1. The molecule has 1 saturated heterocycles. The van der Waals surface area contributed by atoms with Gasteiger partial charge in [-0.3, -0.25) is 0 Å². The first-order valence-electron chi connectivity index (χ1n) is 5.84. The topological polar surface area (TPSA) is 46.3 Å². The van der Waals surface area contributed by atoms with Gasteiger partial charge in [-0.15, -0.1) is 12.4 Å². The predicted octanol–water partition coefficient (Wildman–Crippen LogP) is 2.26. The summed E-state index contributed by atoms with van der Waals surface area (Å²) in [6.07, 6.45) is 2.05. The minimum atomic E-state index is 0. The third kappa shape index (κ3) is 2.32. The summed E-state index contributed by atoms with van der Waals surface area (Å²) in [6, 6.07) is 6.34. The number of fused-ring (bicyclic) bond motifs is 1. The molecule has 2 N–H and O–H groups in total. The Morgan fingerprint density at radius 1 is 1.39 bits per heavy atom. The maximum atomic E-state index is 5.50. The van der Waals surface area contributed by atoms with Crippen LogP contribution in [0.2, 0.25) is 0 Å². The fraction of sp³-hybridized carbons (Fsp3) is 0.385. The lowest BCUT2D eigenvalue weighted by Gasteiger charge is -2.23. The van der Waals surface area contributed by atoms with Crippen LogP contribution in [0.15, 0.2) is 24.4 Å². The molecule has 1 fully saturated rings. The smallest absolute Gasteiger partial charge is 0.119 e. The van der Waals surface area contributed by atoms with Crippen LogP contribution in [0.4, 0.5) is 0 Å². The summed E-state index contributed by atoms with van der Waals surface area (Å²) >= 11 is 0. The summed E-state index contributed by atoms with van der Waals surface area (Å²) < 4.78 is 10.8. The third-order valence-corrected chi connectivity index (χ3v) is 3.22. The summed E-state index contributed by atoms with van der Waals surface area (Å²) in [6.45, 7) is 2.42. The fourth-order valence-corrected chi connectivity index (χ4v) is 2.30. The van der Waals surface area contributed by atoms with E-state index in [9.17, 15) is 0 Å². The van der Waals surface area contributed by atoms with Crippen molar-refractivity contribution in [3.63, 3.8) is 0 Å². The maximum Gasteiger partial charge on any atom is 0.119 e. The average Bonchev–Trinajstić information content (AvgIpc) is 2.82. The molecule has 0 radical (unpaired) electrons. The molecule has 1 aliphatic heterocycles. The number of morpholine rings is 1.